The fourth-order valence-corrected chi connectivity index (χ4v) is 8.11. The van der Waals surface area contributed by atoms with E-state index in [2.05, 4.69) is 50.4 Å². The van der Waals surface area contributed by atoms with Gasteiger partial charge in [0.25, 0.3) is 0 Å². The molecule has 0 aliphatic carbocycles. The Morgan fingerprint density at radius 3 is 1.43 bits per heavy atom. The first-order valence-electron chi connectivity index (χ1n) is 27.6. The number of likely N-dealkylation sites (N-methyl/N-ethyl adjacent to an activating group) is 1. The molecule has 0 heterocycles. The van der Waals surface area contributed by atoms with Gasteiger partial charge in [-0.3, -0.25) is 18.6 Å². The molecule has 1 amide bonds. The number of phosphoric acid groups is 1. The summed E-state index contributed by atoms with van der Waals surface area (Å²) >= 11 is 0. The van der Waals surface area contributed by atoms with Crippen LogP contribution in [0.1, 0.15) is 213 Å². The van der Waals surface area contributed by atoms with Crippen molar-refractivity contribution in [2.24, 2.45) is 0 Å². The average molecular weight is 984 g/mol. The number of hydrogen-bond donors (Lipinski definition) is 2. The molecule has 0 fully saturated rings. The van der Waals surface area contributed by atoms with Crippen molar-refractivity contribution in [2.45, 2.75) is 226 Å². The summed E-state index contributed by atoms with van der Waals surface area (Å²) in [6, 6.07) is -0.881. The third-order valence-corrected chi connectivity index (χ3v) is 12.7. The molecule has 2 N–H and O–H groups in total. The van der Waals surface area contributed by atoms with E-state index >= 15 is 0 Å². The van der Waals surface area contributed by atoms with E-state index in [-0.39, 0.29) is 37.9 Å². The Balaban J connectivity index is 5.52. The average Bonchev–Trinajstić information content (AvgIpc) is 3.31. The first-order valence-corrected chi connectivity index (χ1v) is 29.1. The van der Waals surface area contributed by atoms with Crippen LogP contribution in [0.4, 0.5) is 0 Å². The number of esters is 1. The monoisotopic (exact) mass is 984 g/mol. The lowest BCUT2D eigenvalue weighted by Gasteiger charge is -2.27. The molecule has 0 aromatic rings. The van der Waals surface area contributed by atoms with E-state index in [4.69, 9.17) is 13.8 Å². The Morgan fingerprint density at radius 1 is 0.522 bits per heavy atom. The number of quaternary nitrogens is 1. The number of rotatable bonds is 48. The molecule has 0 rings (SSSR count). The van der Waals surface area contributed by atoms with Crippen LogP contribution in [-0.2, 0) is 27.9 Å². The van der Waals surface area contributed by atoms with Crippen LogP contribution < -0.4 is 5.32 Å². The van der Waals surface area contributed by atoms with E-state index in [9.17, 15) is 19.0 Å². The van der Waals surface area contributed by atoms with Crippen molar-refractivity contribution in [1.82, 2.24) is 5.32 Å². The van der Waals surface area contributed by atoms with Gasteiger partial charge in [0, 0.05) is 12.8 Å². The molecule has 0 radical (unpaired) electrons. The molecule has 69 heavy (non-hydrogen) atoms. The van der Waals surface area contributed by atoms with Crippen molar-refractivity contribution >= 4 is 19.7 Å². The van der Waals surface area contributed by atoms with Gasteiger partial charge < -0.3 is 19.4 Å². The lowest BCUT2D eigenvalue weighted by molar-refractivity contribution is -0.870. The smallest absolute Gasteiger partial charge is 0.456 e. The molecule has 10 heteroatoms. The third-order valence-electron chi connectivity index (χ3n) is 11.7. The molecular formula is C59H104N2O7P+. The van der Waals surface area contributed by atoms with Gasteiger partial charge in [0.05, 0.1) is 33.8 Å². The fraction of sp³-hybridized carbons (Fsp3) is 0.695. The van der Waals surface area contributed by atoms with Crippen LogP contribution >= 0.6 is 7.82 Å². The van der Waals surface area contributed by atoms with Gasteiger partial charge in [-0.25, -0.2) is 4.57 Å². The highest BCUT2D eigenvalue weighted by atomic mass is 31.2. The van der Waals surface area contributed by atoms with Gasteiger partial charge in [-0.1, -0.05) is 221 Å². The van der Waals surface area contributed by atoms with E-state index in [1.165, 1.54) is 96.3 Å². The highest BCUT2D eigenvalue weighted by Gasteiger charge is 2.30. The van der Waals surface area contributed by atoms with Crippen molar-refractivity contribution in [1.29, 1.82) is 0 Å². The Hall–Kier alpha value is -3.07. The molecule has 0 bridgehead atoms. The van der Waals surface area contributed by atoms with Crippen molar-refractivity contribution < 1.29 is 37.3 Å². The van der Waals surface area contributed by atoms with Gasteiger partial charge in [0.1, 0.15) is 19.3 Å². The summed E-state index contributed by atoms with van der Waals surface area (Å²) in [5.74, 6) is -0.582. The van der Waals surface area contributed by atoms with Gasteiger partial charge >= 0.3 is 13.8 Å². The van der Waals surface area contributed by atoms with Crippen LogP contribution in [0.25, 0.3) is 0 Å². The standard InChI is InChI=1S/C59H103N2O7P/c1-7-10-13-16-19-22-25-28-30-31-32-33-36-39-42-45-48-51-58(62)60-56(55-67-69(64,65)66-54-53-61(4,5)6)57(50-47-44-41-38-35-27-24-21-18-15-12-9-3)68-59(63)52-49-46-43-40-37-34-29-26-23-20-17-14-11-8-2/h10,13,16,19,22,25,28,30-34,36-37,47,50,56-57H,7-9,11-12,14-15,17-18,20-21,23-24,26-27,29,35,38-46,48-49,51-55H2,1-6H3,(H-,60,62,64,65)/p+1/b13-10-,19-16+,25-22+,30-28-,32-31+,36-33+,37-34-,50-47+. The van der Waals surface area contributed by atoms with Crippen molar-refractivity contribution in [3.05, 3.63) is 97.2 Å². The third kappa shape index (κ3) is 49.7. The van der Waals surface area contributed by atoms with Crippen molar-refractivity contribution in [3.63, 3.8) is 0 Å². The van der Waals surface area contributed by atoms with Gasteiger partial charge in [0.2, 0.25) is 5.91 Å². The molecule has 9 nitrogen and oxygen atoms in total. The van der Waals surface area contributed by atoms with Gasteiger partial charge in [-0.15, -0.1) is 0 Å². The fourth-order valence-electron chi connectivity index (χ4n) is 7.38. The molecule has 0 aromatic carbocycles. The van der Waals surface area contributed by atoms with E-state index < -0.39 is 20.0 Å². The van der Waals surface area contributed by atoms with Crippen LogP contribution in [0.2, 0.25) is 0 Å². The zero-order valence-corrected chi connectivity index (χ0v) is 45.9. The Labute approximate surface area is 424 Å². The molecule has 3 unspecified atom stereocenters. The molecule has 0 aliphatic heterocycles. The van der Waals surface area contributed by atoms with Crippen LogP contribution in [0, 0.1) is 0 Å². The molecule has 0 spiro atoms. The predicted molar refractivity (Wildman–Crippen MR) is 295 cm³/mol. The van der Waals surface area contributed by atoms with Crippen LogP contribution in [0.15, 0.2) is 97.2 Å². The molecule has 396 valence electrons. The van der Waals surface area contributed by atoms with Crippen LogP contribution in [-0.4, -0.2) is 74.3 Å². The number of nitrogens with zero attached hydrogens (tertiary/aromatic N) is 1. The van der Waals surface area contributed by atoms with Gasteiger partial charge in [-0.2, -0.15) is 0 Å². The predicted octanol–water partition coefficient (Wildman–Crippen LogP) is 16.4. The zero-order valence-electron chi connectivity index (χ0n) is 45.0. The second-order valence-electron chi connectivity index (χ2n) is 19.5. The first-order chi connectivity index (χ1) is 33.4. The molecule has 0 saturated heterocycles. The minimum atomic E-state index is -4.46. The SMILES string of the molecule is CC\C=C/C=C/C=C/C=C\C=C\C=C\CCCCCC(=O)NC(COP(=O)(O)OCC[N+](C)(C)C)C(/C=C/CCCCCCCCCCCC)OC(=O)CCCCC/C=C\CCCCCCCCC. The Kier molecular flexibility index (Phi) is 46.4. The summed E-state index contributed by atoms with van der Waals surface area (Å²) in [6.07, 6.45) is 64.0. The Morgan fingerprint density at radius 2 is 0.942 bits per heavy atom. The topological polar surface area (TPSA) is 111 Å². The maximum atomic E-state index is 13.5. The van der Waals surface area contributed by atoms with E-state index in [0.717, 1.165) is 70.6 Å². The van der Waals surface area contributed by atoms with Crippen molar-refractivity contribution in [2.75, 3.05) is 40.9 Å². The minimum absolute atomic E-state index is 0.0240. The molecule has 0 aliphatic rings. The number of carbonyl (C=O) groups excluding carboxylic acids is 2. The molecule has 0 saturated carbocycles. The maximum absolute atomic E-state index is 13.5. The van der Waals surface area contributed by atoms with Crippen LogP contribution in [0.3, 0.4) is 0 Å². The van der Waals surface area contributed by atoms with E-state index in [1.54, 1.807) is 0 Å². The summed E-state index contributed by atoms with van der Waals surface area (Å²) in [5.41, 5.74) is 0. The second-order valence-corrected chi connectivity index (χ2v) is 21.0. The number of phosphoric ester groups is 1. The normalized spacial score (nSPS) is 14.6. The van der Waals surface area contributed by atoms with Crippen LogP contribution in [0.5, 0.6) is 0 Å². The highest BCUT2D eigenvalue weighted by Crippen LogP contribution is 2.43. The molecule has 0 aromatic heterocycles. The van der Waals surface area contributed by atoms with Gasteiger partial charge in [0.15, 0.2) is 0 Å². The van der Waals surface area contributed by atoms with E-state index in [1.807, 2.05) is 94.1 Å². The molecule has 3 atom stereocenters. The summed E-state index contributed by atoms with van der Waals surface area (Å²) in [5, 5.41) is 3.01. The maximum Gasteiger partial charge on any atom is 0.472 e. The highest BCUT2D eigenvalue weighted by molar-refractivity contribution is 7.47. The van der Waals surface area contributed by atoms with E-state index in [0.29, 0.717) is 23.9 Å². The number of nitrogens with one attached hydrogen (secondary N) is 1. The number of unbranched alkanes of at least 4 members (excludes halogenated alkanes) is 23. The number of carbonyl (C=O) groups is 2. The summed E-state index contributed by atoms with van der Waals surface area (Å²) in [6.45, 7) is 6.79. The number of ether oxygens (including phenoxy) is 1. The quantitative estimate of drug-likeness (QED) is 0.0156. The Bertz CT molecular complexity index is 1510. The lowest BCUT2D eigenvalue weighted by atomic mass is 10.1. The largest absolute Gasteiger partial charge is 0.472 e. The second kappa shape index (κ2) is 48.6. The van der Waals surface area contributed by atoms with Crippen molar-refractivity contribution in [3.8, 4) is 0 Å². The number of allylic oxidation sites excluding steroid dienone is 15. The van der Waals surface area contributed by atoms with Gasteiger partial charge in [-0.05, 0) is 76.7 Å². The summed E-state index contributed by atoms with van der Waals surface area (Å²) in [7, 11) is 1.44. The minimum Gasteiger partial charge on any atom is -0.456 e. The number of hydrogen-bond acceptors (Lipinski definition) is 6. The summed E-state index contributed by atoms with van der Waals surface area (Å²) in [4.78, 5) is 37.5. The lowest BCUT2D eigenvalue weighted by Crippen LogP contribution is -2.47. The molecular weight excluding hydrogens is 880 g/mol. The first kappa shape index (κ1) is 65.9. The number of amides is 1. The zero-order chi connectivity index (χ0) is 50.8. The summed E-state index contributed by atoms with van der Waals surface area (Å²) < 4.78 is 30.5.